The van der Waals surface area contributed by atoms with Gasteiger partial charge in [0.1, 0.15) is 11.4 Å². The molecule has 0 aromatic carbocycles. The van der Waals surface area contributed by atoms with Crippen molar-refractivity contribution in [2.24, 2.45) is 0 Å². The van der Waals surface area contributed by atoms with Gasteiger partial charge in [0.15, 0.2) is 0 Å². The highest BCUT2D eigenvalue weighted by Crippen LogP contribution is 2.25. The standard InChI is InChI=1S/C23H38N4O2/c1-17-8-6-10-21(25-17)26-14-11-19(12-15-26)24-18(2)16-20-9-7-13-27(20)22(28)29-23(3,4)5/h6,8,10,18-20,24H,7,9,11-16H2,1-5H3/t18-,20-/m1/s1. The Labute approximate surface area is 176 Å². The molecule has 29 heavy (non-hydrogen) atoms. The van der Waals surface area contributed by atoms with Crippen LogP contribution in [0.3, 0.4) is 0 Å². The van der Waals surface area contributed by atoms with Gasteiger partial charge < -0.3 is 19.9 Å². The van der Waals surface area contributed by atoms with Crippen molar-refractivity contribution in [1.82, 2.24) is 15.2 Å². The summed E-state index contributed by atoms with van der Waals surface area (Å²) in [5, 5.41) is 3.81. The predicted molar refractivity (Wildman–Crippen MR) is 117 cm³/mol. The highest BCUT2D eigenvalue weighted by Gasteiger charge is 2.33. The van der Waals surface area contributed by atoms with Gasteiger partial charge in [-0.3, -0.25) is 0 Å². The molecule has 0 saturated carbocycles. The Morgan fingerprint density at radius 2 is 1.97 bits per heavy atom. The van der Waals surface area contributed by atoms with Crippen LogP contribution in [0.25, 0.3) is 0 Å². The zero-order chi connectivity index (χ0) is 21.0. The largest absolute Gasteiger partial charge is 0.444 e. The van der Waals surface area contributed by atoms with E-state index in [1.807, 2.05) is 38.7 Å². The Kier molecular flexibility index (Phi) is 7.04. The van der Waals surface area contributed by atoms with Gasteiger partial charge in [-0.1, -0.05) is 6.07 Å². The SMILES string of the molecule is Cc1cccc(N2CCC(N[C@H](C)C[C@H]3CCCN3C(=O)OC(C)(C)C)CC2)n1. The second-order valence-electron chi connectivity index (χ2n) is 9.67. The second-order valence-corrected chi connectivity index (χ2v) is 9.67. The summed E-state index contributed by atoms with van der Waals surface area (Å²) in [6.07, 6.45) is 5.21. The van der Waals surface area contributed by atoms with Crippen LogP contribution in [0.2, 0.25) is 0 Å². The summed E-state index contributed by atoms with van der Waals surface area (Å²) >= 11 is 0. The molecule has 0 aliphatic carbocycles. The van der Waals surface area contributed by atoms with Crippen LogP contribution in [0.1, 0.15) is 65.5 Å². The van der Waals surface area contributed by atoms with Crippen LogP contribution in [0.15, 0.2) is 18.2 Å². The van der Waals surface area contributed by atoms with E-state index in [0.717, 1.165) is 63.3 Å². The molecule has 2 aliphatic rings. The maximum absolute atomic E-state index is 12.5. The van der Waals surface area contributed by atoms with Gasteiger partial charge >= 0.3 is 6.09 Å². The van der Waals surface area contributed by atoms with Crippen molar-refractivity contribution in [1.29, 1.82) is 0 Å². The van der Waals surface area contributed by atoms with Gasteiger partial charge in [0, 0.05) is 43.5 Å². The number of hydrogen-bond donors (Lipinski definition) is 1. The minimum atomic E-state index is -0.436. The molecule has 1 amide bonds. The summed E-state index contributed by atoms with van der Waals surface area (Å²) in [6, 6.07) is 7.43. The average molecular weight is 403 g/mol. The van der Waals surface area contributed by atoms with Crippen molar-refractivity contribution in [3.63, 3.8) is 0 Å². The number of hydrogen-bond acceptors (Lipinski definition) is 5. The third-order valence-corrected chi connectivity index (χ3v) is 5.84. The summed E-state index contributed by atoms with van der Waals surface area (Å²) in [4.78, 5) is 21.5. The first-order valence-corrected chi connectivity index (χ1v) is 11.2. The van der Waals surface area contributed by atoms with Gasteiger partial charge in [0.25, 0.3) is 0 Å². The molecule has 2 saturated heterocycles. The lowest BCUT2D eigenvalue weighted by Crippen LogP contribution is -2.48. The second kappa shape index (κ2) is 9.33. The number of nitrogens with zero attached hydrogens (tertiary/aromatic N) is 3. The number of amides is 1. The predicted octanol–water partition coefficient (Wildman–Crippen LogP) is 4.13. The van der Waals surface area contributed by atoms with Crippen molar-refractivity contribution >= 4 is 11.9 Å². The number of anilines is 1. The molecular formula is C23H38N4O2. The third-order valence-electron chi connectivity index (χ3n) is 5.84. The Bertz CT molecular complexity index is 680. The van der Waals surface area contributed by atoms with Crippen molar-refractivity contribution in [2.45, 2.75) is 90.4 Å². The first kappa shape index (κ1) is 21.9. The highest BCUT2D eigenvalue weighted by atomic mass is 16.6. The molecular weight excluding hydrogens is 364 g/mol. The lowest BCUT2D eigenvalue weighted by molar-refractivity contribution is 0.0213. The molecule has 0 radical (unpaired) electrons. The molecule has 2 aliphatic heterocycles. The Morgan fingerprint density at radius 3 is 2.62 bits per heavy atom. The molecule has 0 bridgehead atoms. The molecule has 0 spiro atoms. The third kappa shape index (κ3) is 6.33. The van der Waals surface area contributed by atoms with Crippen molar-refractivity contribution in [2.75, 3.05) is 24.5 Å². The summed E-state index contributed by atoms with van der Waals surface area (Å²) in [5.41, 5.74) is 0.635. The van der Waals surface area contributed by atoms with Crippen LogP contribution in [0, 0.1) is 6.92 Å². The monoisotopic (exact) mass is 402 g/mol. The number of carbonyl (C=O) groups excluding carboxylic acids is 1. The van der Waals surface area contributed by atoms with Crippen LogP contribution in [-0.2, 0) is 4.74 Å². The minimum absolute atomic E-state index is 0.161. The normalized spacial score (nSPS) is 22.0. The van der Waals surface area contributed by atoms with E-state index < -0.39 is 5.60 Å². The molecule has 162 valence electrons. The molecule has 0 unspecified atom stereocenters. The summed E-state index contributed by atoms with van der Waals surface area (Å²) in [6.45, 7) is 13.0. The molecule has 1 aromatic heterocycles. The number of carbonyl (C=O) groups is 1. The highest BCUT2D eigenvalue weighted by molar-refractivity contribution is 5.68. The summed E-state index contributed by atoms with van der Waals surface area (Å²) < 4.78 is 5.60. The average Bonchev–Trinajstić information content (AvgIpc) is 3.09. The molecule has 2 fully saturated rings. The van der Waals surface area contributed by atoms with Gasteiger partial charge in [-0.2, -0.15) is 0 Å². The molecule has 3 rings (SSSR count). The molecule has 6 heteroatoms. The smallest absolute Gasteiger partial charge is 0.410 e. The minimum Gasteiger partial charge on any atom is -0.444 e. The molecule has 1 N–H and O–H groups in total. The van der Waals surface area contributed by atoms with E-state index in [0.29, 0.717) is 12.1 Å². The van der Waals surface area contributed by atoms with Crippen LogP contribution in [0.4, 0.5) is 10.6 Å². The van der Waals surface area contributed by atoms with Crippen LogP contribution < -0.4 is 10.2 Å². The van der Waals surface area contributed by atoms with E-state index >= 15 is 0 Å². The molecule has 3 heterocycles. The zero-order valence-electron chi connectivity index (χ0n) is 18.8. The van der Waals surface area contributed by atoms with Gasteiger partial charge in [-0.25, -0.2) is 9.78 Å². The summed E-state index contributed by atoms with van der Waals surface area (Å²) in [7, 11) is 0. The van der Waals surface area contributed by atoms with Gasteiger partial charge in [0.2, 0.25) is 0 Å². The van der Waals surface area contributed by atoms with E-state index in [-0.39, 0.29) is 12.1 Å². The molecule has 2 atom stereocenters. The van der Waals surface area contributed by atoms with E-state index in [9.17, 15) is 4.79 Å². The van der Waals surface area contributed by atoms with Crippen molar-refractivity contribution in [3.8, 4) is 0 Å². The van der Waals surface area contributed by atoms with Gasteiger partial charge in [0.05, 0.1) is 0 Å². The van der Waals surface area contributed by atoms with Crippen LogP contribution in [0.5, 0.6) is 0 Å². The van der Waals surface area contributed by atoms with Gasteiger partial charge in [-0.05, 0) is 78.9 Å². The van der Waals surface area contributed by atoms with E-state index in [1.54, 1.807) is 0 Å². The van der Waals surface area contributed by atoms with Crippen molar-refractivity contribution in [3.05, 3.63) is 23.9 Å². The number of pyridine rings is 1. The number of aryl methyl sites for hydroxylation is 1. The zero-order valence-corrected chi connectivity index (χ0v) is 18.8. The molecule has 6 nitrogen and oxygen atoms in total. The maximum Gasteiger partial charge on any atom is 0.410 e. The van der Waals surface area contributed by atoms with Gasteiger partial charge in [-0.15, -0.1) is 0 Å². The van der Waals surface area contributed by atoms with E-state index in [1.165, 1.54) is 0 Å². The number of ether oxygens (including phenoxy) is 1. The Balaban J connectivity index is 1.45. The fourth-order valence-electron chi connectivity index (χ4n) is 4.50. The first-order chi connectivity index (χ1) is 13.7. The number of nitrogens with one attached hydrogen (secondary N) is 1. The number of likely N-dealkylation sites (tertiary alicyclic amines) is 1. The van der Waals surface area contributed by atoms with Crippen molar-refractivity contribution < 1.29 is 9.53 Å². The molecule has 1 aromatic rings. The van der Waals surface area contributed by atoms with E-state index in [4.69, 9.17) is 4.74 Å². The first-order valence-electron chi connectivity index (χ1n) is 11.2. The maximum atomic E-state index is 12.5. The fraction of sp³-hybridized carbons (Fsp3) is 0.739. The fourth-order valence-corrected chi connectivity index (χ4v) is 4.50. The van der Waals surface area contributed by atoms with Crippen LogP contribution in [-0.4, -0.2) is 59.3 Å². The lowest BCUT2D eigenvalue weighted by atomic mass is 10.0. The summed E-state index contributed by atoms with van der Waals surface area (Å²) in [5.74, 6) is 1.09. The van der Waals surface area contributed by atoms with Crippen LogP contribution >= 0.6 is 0 Å². The number of piperidine rings is 1. The number of rotatable bonds is 5. The Hall–Kier alpha value is -1.82. The topological polar surface area (TPSA) is 57.7 Å². The quantitative estimate of drug-likeness (QED) is 0.803. The number of aromatic nitrogens is 1. The van der Waals surface area contributed by atoms with E-state index in [2.05, 4.69) is 34.3 Å². The lowest BCUT2D eigenvalue weighted by Gasteiger charge is -2.36. The Morgan fingerprint density at radius 1 is 1.24 bits per heavy atom.